The number of nitrogens with one attached hydrogen (secondary N) is 1. The number of aliphatic hydroxyl groups excluding tert-OH is 2. The summed E-state index contributed by atoms with van der Waals surface area (Å²) in [4.78, 5) is 23.2. The molecule has 2 heterocycles. The first-order valence-corrected chi connectivity index (χ1v) is 12.9. The number of aliphatic carboxylic acids is 1. The molecule has 1 aliphatic carbocycles. The third kappa shape index (κ3) is 5.66. The number of carbonyl (C=O) groups is 1. The Labute approximate surface area is 224 Å². The first-order valence-electron chi connectivity index (χ1n) is 12.5. The number of aliphatic hydroxyl groups is 2. The molecule has 0 saturated heterocycles. The fourth-order valence-corrected chi connectivity index (χ4v) is 5.06. The van der Waals surface area contributed by atoms with Crippen molar-refractivity contribution in [3.05, 3.63) is 65.2 Å². The second kappa shape index (κ2) is 11.1. The lowest BCUT2D eigenvalue weighted by Crippen LogP contribution is -2.36. The van der Waals surface area contributed by atoms with Crippen LogP contribution in [0.4, 0.5) is 0 Å². The van der Waals surface area contributed by atoms with Crippen LogP contribution in [0.3, 0.4) is 0 Å². The number of pyridine rings is 1. The van der Waals surface area contributed by atoms with E-state index in [0.29, 0.717) is 40.7 Å². The van der Waals surface area contributed by atoms with E-state index in [0.717, 1.165) is 28.7 Å². The van der Waals surface area contributed by atoms with Gasteiger partial charge in [-0.1, -0.05) is 60.1 Å². The maximum atomic E-state index is 11.0. The van der Waals surface area contributed by atoms with E-state index in [1.165, 1.54) is 0 Å². The van der Waals surface area contributed by atoms with Crippen LogP contribution in [-0.2, 0) is 11.2 Å². The molecule has 0 unspecified atom stereocenters. The zero-order valence-electron chi connectivity index (χ0n) is 20.5. The third-order valence-electron chi connectivity index (χ3n) is 7.04. The van der Waals surface area contributed by atoms with Crippen molar-refractivity contribution in [1.82, 2.24) is 15.0 Å². The molecule has 0 amide bonds. The van der Waals surface area contributed by atoms with Gasteiger partial charge in [0.15, 0.2) is 5.65 Å². The third-order valence-corrected chi connectivity index (χ3v) is 7.33. The summed E-state index contributed by atoms with van der Waals surface area (Å²) in [6, 6.07) is 16.6. The highest BCUT2D eigenvalue weighted by molar-refractivity contribution is 6.33. The molecule has 4 aromatic rings. The number of nitrogens with zero attached hydrogens (tertiary/aromatic N) is 2. The summed E-state index contributed by atoms with van der Waals surface area (Å²) in [5.41, 5.74) is 11.0. The van der Waals surface area contributed by atoms with E-state index in [-0.39, 0.29) is 25.0 Å². The quantitative estimate of drug-likeness (QED) is 0.228. The number of hydrogen-bond donors (Lipinski definition) is 5. The molecular formula is C28H29ClN4O5. The molecule has 2 aromatic carbocycles. The summed E-state index contributed by atoms with van der Waals surface area (Å²) >= 11 is 6.57. The number of imidazole rings is 1. The highest BCUT2D eigenvalue weighted by Crippen LogP contribution is 2.32. The standard InChI is InChI=1S/C28H29ClN4O5/c29-21-13-23-26(33-28(31-23)38-20-10-9-19(14-34)24(35)12-20)32-25(21)18-7-5-17(6-8-18)16-3-1-15(2-4-16)11-22(30)27(36)37/h1-8,13,19-20,22,24,34-35H,9-12,14,30H2,(H,36,37)(H,31,32,33)/t19-,20+,22+,24+/m1/s1. The van der Waals surface area contributed by atoms with E-state index in [1.54, 1.807) is 6.07 Å². The summed E-state index contributed by atoms with van der Waals surface area (Å²) in [5.74, 6) is -1.13. The minimum Gasteiger partial charge on any atom is -0.480 e. The Morgan fingerprint density at radius 2 is 1.74 bits per heavy atom. The molecule has 0 bridgehead atoms. The summed E-state index contributed by atoms with van der Waals surface area (Å²) in [6.45, 7) is -0.0270. The van der Waals surface area contributed by atoms with E-state index in [1.807, 2.05) is 48.5 Å². The van der Waals surface area contributed by atoms with Crippen molar-refractivity contribution in [1.29, 1.82) is 0 Å². The van der Waals surface area contributed by atoms with Gasteiger partial charge in [-0.3, -0.25) is 4.79 Å². The maximum absolute atomic E-state index is 11.0. The summed E-state index contributed by atoms with van der Waals surface area (Å²) in [5, 5.41) is 29.0. The first kappa shape index (κ1) is 26.1. The largest absolute Gasteiger partial charge is 0.480 e. The molecule has 5 rings (SSSR count). The molecule has 1 saturated carbocycles. The molecule has 10 heteroatoms. The van der Waals surface area contributed by atoms with Gasteiger partial charge < -0.3 is 30.8 Å². The molecule has 1 aliphatic rings. The number of aromatic nitrogens is 3. The van der Waals surface area contributed by atoms with E-state index < -0.39 is 18.1 Å². The summed E-state index contributed by atoms with van der Waals surface area (Å²) < 4.78 is 5.97. The van der Waals surface area contributed by atoms with Gasteiger partial charge in [-0.25, -0.2) is 4.98 Å². The number of nitrogens with two attached hydrogens (primary N) is 1. The molecule has 2 aromatic heterocycles. The van der Waals surface area contributed by atoms with Crippen molar-refractivity contribution in [2.45, 2.75) is 43.9 Å². The van der Waals surface area contributed by atoms with Crippen molar-refractivity contribution in [2.24, 2.45) is 11.7 Å². The average Bonchev–Trinajstić information content (AvgIpc) is 3.29. The van der Waals surface area contributed by atoms with Gasteiger partial charge >= 0.3 is 5.97 Å². The Bertz CT molecular complexity index is 1420. The number of aromatic amines is 1. The van der Waals surface area contributed by atoms with Crippen molar-refractivity contribution >= 4 is 28.7 Å². The molecule has 0 spiro atoms. The topological polar surface area (TPSA) is 155 Å². The van der Waals surface area contributed by atoms with E-state index in [4.69, 9.17) is 27.2 Å². The monoisotopic (exact) mass is 536 g/mol. The first-order chi connectivity index (χ1) is 18.3. The van der Waals surface area contributed by atoms with Crippen molar-refractivity contribution in [3.8, 4) is 28.4 Å². The number of hydrogen-bond acceptors (Lipinski definition) is 7. The minimum atomic E-state index is -1.02. The van der Waals surface area contributed by atoms with Gasteiger partial charge in [-0.2, -0.15) is 4.98 Å². The fourth-order valence-electron chi connectivity index (χ4n) is 4.80. The molecule has 0 radical (unpaired) electrons. The predicted octanol–water partition coefficient (Wildman–Crippen LogP) is 3.80. The average molecular weight is 537 g/mol. The number of rotatable bonds is 8. The van der Waals surface area contributed by atoms with Crippen molar-refractivity contribution in [3.63, 3.8) is 0 Å². The van der Waals surface area contributed by atoms with E-state index in [9.17, 15) is 15.0 Å². The van der Waals surface area contributed by atoms with Crippen LogP contribution in [0.15, 0.2) is 54.6 Å². The van der Waals surface area contributed by atoms with E-state index >= 15 is 0 Å². The number of fused-ring (bicyclic) bond motifs is 1. The van der Waals surface area contributed by atoms with Crippen LogP contribution in [0.1, 0.15) is 24.8 Å². The van der Waals surface area contributed by atoms with Crippen LogP contribution < -0.4 is 10.5 Å². The van der Waals surface area contributed by atoms with Crippen LogP contribution >= 0.6 is 11.6 Å². The van der Waals surface area contributed by atoms with Gasteiger partial charge in [0.1, 0.15) is 12.1 Å². The number of ether oxygens (including phenoxy) is 1. The lowest BCUT2D eigenvalue weighted by Gasteiger charge is -2.31. The molecule has 4 atom stereocenters. The molecule has 6 N–H and O–H groups in total. The Morgan fingerprint density at radius 1 is 1.08 bits per heavy atom. The fraction of sp³-hybridized carbons (Fsp3) is 0.321. The van der Waals surface area contributed by atoms with Gasteiger partial charge in [0.2, 0.25) is 0 Å². The van der Waals surface area contributed by atoms with Gasteiger partial charge in [0.25, 0.3) is 6.01 Å². The number of halogens is 1. The van der Waals surface area contributed by atoms with Crippen LogP contribution in [0, 0.1) is 5.92 Å². The number of benzene rings is 2. The second-order valence-corrected chi connectivity index (χ2v) is 10.1. The summed E-state index contributed by atoms with van der Waals surface area (Å²) in [7, 11) is 0. The molecule has 198 valence electrons. The predicted molar refractivity (Wildman–Crippen MR) is 144 cm³/mol. The zero-order valence-corrected chi connectivity index (χ0v) is 21.3. The van der Waals surface area contributed by atoms with Gasteiger partial charge in [-0.15, -0.1) is 0 Å². The number of carboxylic acid groups (broad SMARTS) is 1. The van der Waals surface area contributed by atoms with E-state index in [2.05, 4.69) is 15.0 Å². The highest BCUT2D eigenvalue weighted by Gasteiger charge is 2.30. The molecule has 0 aliphatic heterocycles. The molecule has 1 fully saturated rings. The van der Waals surface area contributed by atoms with Crippen LogP contribution in [0.2, 0.25) is 5.02 Å². The Balaban J connectivity index is 1.30. The lowest BCUT2D eigenvalue weighted by molar-refractivity contribution is -0.138. The smallest absolute Gasteiger partial charge is 0.320 e. The second-order valence-electron chi connectivity index (χ2n) is 9.72. The van der Waals surface area contributed by atoms with Crippen LogP contribution in [-0.4, -0.2) is 61.1 Å². The normalized spacial score (nSPS) is 20.4. The Morgan fingerprint density at radius 3 is 2.37 bits per heavy atom. The van der Waals surface area contributed by atoms with Crippen molar-refractivity contribution < 1.29 is 24.9 Å². The Hall–Kier alpha value is -3.50. The van der Waals surface area contributed by atoms with Crippen molar-refractivity contribution in [2.75, 3.05) is 6.61 Å². The molecular weight excluding hydrogens is 508 g/mol. The Kier molecular flexibility index (Phi) is 7.62. The molecule has 9 nitrogen and oxygen atoms in total. The lowest BCUT2D eigenvalue weighted by atomic mass is 9.85. The highest BCUT2D eigenvalue weighted by atomic mass is 35.5. The number of carboxylic acids is 1. The zero-order chi connectivity index (χ0) is 26.8. The van der Waals surface area contributed by atoms with Gasteiger partial charge in [0.05, 0.1) is 22.3 Å². The minimum absolute atomic E-state index is 0.0270. The number of H-pyrrole nitrogens is 1. The van der Waals surface area contributed by atoms with Gasteiger partial charge in [0, 0.05) is 24.5 Å². The maximum Gasteiger partial charge on any atom is 0.320 e. The van der Waals surface area contributed by atoms with Gasteiger partial charge in [-0.05, 0) is 42.0 Å². The summed E-state index contributed by atoms with van der Waals surface area (Å²) in [6.07, 6.45) is 1.33. The SMILES string of the molecule is N[C@@H](Cc1ccc(-c2ccc(-c3nc4nc(O[C@H]5CC[C@H](CO)[C@@H](O)C5)[nH]c4cc3Cl)cc2)cc1)C(=O)O. The van der Waals surface area contributed by atoms with Crippen LogP contribution in [0.5, 0.6) is 6.01 Å². The van der Waals surface area contributed by atoms with Crippen LogP contribution in [0.25, 0.3) is 33.5 Å². The molecule has 38 heavy (non-hydrogen) atoms.